The summed E-state index contributed by atoms with van der Waals surface area (Å²) in [5.41, 5.74) is 3.34. The summed E-state index contributed by atoms with van der Waals surface area (Å²) in [6.45, 7) is 2.09. The summed E-state index contributed by atoms with van der Waals surface area (Å²) in [7, 11) is -3.68. The lowest BCUT2D eigenvalue weighted by Gasteiger charge is -2.11. The average molecular weight is 388 g/mol. The van der Waals surface area contributed by atoms with Crippen LogP contribution in [0.2, 0.25) is 0 Å². The Labute approximate surface area is 160 Å². The summed E-state index contributed by atoms with van der Waals surface area (Å²) in [6.07, 6.45) is 3.84. The summed E-state index contributed by atoms with van der Waals surface area (Å²) in [5.74, 6) is 0.115. The van der Waals surface area contributed by atoms with E-state index in [0.717, 1.165) is 30.4 Å². The van der Waals surface area contributed by atoms with Crippen molar-refractivity contribution in [2.45, 2.75) is 50.0 Å². The number of aryl methyl sites for hydroxylation is 2. The quantitative estimate of drug-likeness (QED) is 0.554. The maximum atomic E-state index is 12.1. The van der Waals surface area contributed by atoms with Crippen molar-refractivity contribution in [3.05, 3.63) is 65.2 Å². The van der Waals surface area contributed by atoms with E-state index in [1.165, 1.54) is 5.56 Å². The molecule has 6 heteroatoms. The molecule has 1 unspecified atom stereocenters. The molecule has 1 aliphatic rings. The minimum absolute atomic E-state index is 0.115. The fraction of sp³-hybridized carbons (Fsp3) is 0.381. The van der Waals surface area contributed by atoms with Crippen LogP contribution in [0.4, 0.5) is 0 Å². The van der Waals surface area contributed by atoms with E-state index in [2.05, 4.69) is 29.6 Å². The third-order valence-corrected chi connectivity index (χ3v) is 6.11. The monoisotopic (exact) mass is 387 g/mol. The number of hydrogen-bond acceptors (Lipinski definition) is 4. The Balaban J connectivity index is 1.41. The van der Waals surface area contributed by atoms with Gasteiger partial charge in [-0.1, -0.05) is 42.0 Å². The van der Waals surface area contributed by atoms with E-state index < -0.39 is 10.1 Å². The van der Waals surface area contributed by atoms with Crippen molar-refractivity contribution in [1.82, 2.24) is 5.32 Å². The lowest BCUT2D eigenvalue weighted by atomic mass is 10.0. The highest BCUT2D eigenvalue weighted by atomic mass is 32.2. The Morgan fingerprint density at radius 1 is 1.04 bits per heavy atom. The van der Waals surface area contributed by atoms with Crippen LogP contribution in [-0.4, -0.2) is 20.9 Å². The zero-order valence-electron chi connectivity index (χ0n) is 15.5. The van der Waals surface area contributed by atoms with Crippen LogP contribution in [-0.2, 0) is 25.5 Å². The van der Waals surface area contributed by atoms with Gasteiger partial charge in [-0.3, -0.25) is 8.98 Å². The predicted octanol–water partition coefficient (Wildman–Crippen LogP) is 3.67. The maximum absolute atomic E-state index is 12.1. The molecule has 0 saturated carbocycles. The SMILES string of the molecule is Cc1ccc(S(=O)(=O)OCCCCc2ccc(C3CCC(=O)N3)cc2)cc1. The van der Waals surface area contributed by atoms with Gasteiger partial charge in [0.15, 0.2) is 0 Å². The van der Waals surface area contributed by atoms with Gasteiger partial charge in [0.1, 0.15) is 0 Å². The van der Waals surface area contributed by atoms with Gasteiger partial charge in [0.05, 0.1) is 17.5 Å². The number of hydrogen-bond donors (Lipinski definition) is 1. The number of benzene rings is 2. The minimum atomic E-state index is -3.68. The minimum Gasteiger partial charge on any atom is -0.349 e. The standard InChI is InChI=1S/C21H25NO4S/c1-16-5-11-19(12-6-16)27(24,25)26-15-3-2-4-17-7-9-18(10-8-17)20-13-14-21(23)22-20/h5-12,20H,2-4,13-15H2,1H3,(H,22,23). The van der Waals surface area contributed by atoms with E-state index in [1.807, 2.05) is 6.92 Å². The number of nitrogens with one attached hydrogen (secondary N) is 1. The van der Waals surface area contributed by atoms with Gasteiger partial charge in [0.2, 0.25) is 5.91 Å². The summed E-state index contributed by atoms with van der Waals surface area (Å²) < 4.78 is 29.3. The molecule has 0 spiro atoms. The predicted molar refractivity (Wildman–Crippen MR) is 104 cm³/mol. The van der Waals surface area contributed by atoms with Crippen molar-refractivity contribution >= 4 is 16.0 Å². The van der Waals surface area contributed by atoms with Crippen molar-refractivity contribution in [3.63, 3.8) is 0 Å². The number of carbonyl (C=O) groups excluding carboxylic acids is 1. The smallest absolute Gasteiger partial charge is 0.296 e. The van der Waals surface area contributed by atoms with E-state index in [9.17, 15) is 13.2 Å². The highest BCUT2D eigenvalue weighted by Gasteiger charge is 2.21. The molecule has 1 N–H and O–H groups in total. The molecule has 1 saturated heterocycles. The fourth-order valence-electron chi connectivity index (χ4n) is 3.15. The summed E-state index contributed by atoms with van der Waals surface area (Å²) in [6, 6.07) is 15.1. The molecule has 0 bridgehead atoms. The van der Waals surface area contributed by atoms with Crippen molar-refractivity contribution in [2.24, 2.45) is 0 Å². The Morgan fingerprint density at radius 2 is 1.74 bits per heavy atom. The second kappa shape index (κ2) is 8.67. The first-order valence-corrected chi connectivity index (χ1v) is 10.7. The Kier molecular flexibility index (Phi) is 6.29. The van der Waals surface area contributed by atoms with Crippen LogP contribution in [0.15, 0.2) is 53.4 Å². The first kappa shape index (κ1) is 19.6. The first-order chi connectivity index (χ1) is 12.9. The van der Waals surface area contributed by atoms with Crippen molar-refractivity contribution in [1.29, 1.82) is 0 Å². The molecule has 1 fully saturated rings. The van der Waals surface area contributed by atoms with Crippen LogP contribution in [0.1, 0.15) is 48.4 Å². The Bertz CT molecular complexity index is 873. The molecule has 1 aliphatic heterocycles. The second-order valence-electron chi connectivity index (χ2n) is 6.95. The van der Waals surface area contributed by atoms with Crippen LogP contribution in [0.25, 0.3) is 0 Å². The van der Waals surface area contributed by atoms with Gasteiger partial charge in [0, 0.05) is 6.42 Å². The van der Waals surface area contributed by atoms with Crippen LogP contribution >= 0.6 is 0 Å². The van der Waals surface area contributed by atoms with E-state index >= 15 is 0 Å². The molecule has 1 amide bonds. The third-order valence-electron chi connectivity index (χ3n) is 4.79. The molecule has 3 rings (SSSR count). The summed E-state index contributed by atoms with van der Waals surface area (Å²) >= 11 is 0. The summed E-state index contributed by atoms with van der Waals surface area (Å²) in [4.78, 5) is 11.5. The van der Waals surface area contributed by atoms with Crippen molar-refractivity contribution < 1.29 is 17.4 Å². The first-order valence-electron chi connectivity index (χ1n) is 9.28. The third kappa shape index (κ3) is 5.40. The second-order valence-corrected chi connectivity index (χ2v) is 8.56. The molecule has 0 radical (unpaired) electrons. The molecule has 1 atom stereocenters. The molecule has 27 heavy (non-hydrogen) atoms. The van der Waals surface area contributed by atoms with E-state index in [4.69, 9.17) is 4.18 Å². The normalized spacial score (nSPS) is 17.1. The largest absolute Gasteiger partial charge is 0.349 e. The molecular formula is C21H25NO4S. The molecule has 2 aromatic carbocycles. The lowest BCUT2D eigenvalue weighted by molar-refractivity contribution is -0.119. The molecular weight excluding hydrogens is 362 g/mol. The van der Waals surface area contributed by atoms with Crippen LogP contribution in [0.5, 0.6) is 0 Å². The van der Waals surface area contributed by atoms with Gasteiger partial charge in [-0.2, -0.15) is 8.42 Å². The van der Waals surface area contributed by atoms with Crippen LogP contribution in [0.3, 0.4) is 0 Å². The molecule has 0 aliphatic carbocycles. The number of carbonyl (C=O) groups is 1. The highest BCUT2D eigenvalue weighted by molar-refractivity contribution is 7.86. The van der Waals surface area contributed by atoms with Crippen molar-refractivity contribution in [2.75, 3.05) is 6.61 Å². The fourth-order valence-corrected chi connectivity index (χ4v) is 4.10. The van der Waals surface area contributed by atoms with E-state index in [0.29, 0.717) is 12.8 Å². The Morgan fingerprint density at radius 3 is 2.37 bits per heavy atom. The van der Waals surface area contributed by atoms with Gasteiger partial charge in [-0.15, -0.1) is 0 Å². The number of amides is 1. The van der Waals surface area contributed by atoms with Gasteiger partial charge < -0.3 is 5.32 Å². The summed E-state index contributed by atoms with van der Waals surface area (Å²) in [5, 5.41) is 2.97. The number of unbranched alkanes of at least 4 members (excludes halogenated alkanes) is 1. The molecule has 2 aromatic rings. The zero-order valence-corrected chi connectivity index (χ0v) is 16.3. The van der Waals surface area contributed by atoms with E-state index in [1.54, 1.807) is 24.3 Å². The van der Waals surface area contributed by atoms with Gasteiger partial charge >= 0.3 is 0 Å². The maximum Gasteiger partial charge on any atom is 0.296 e. The average Bonchev–Trinajstić information content (AvgIpc) is 3.09. The van der Waals surface area contributed by atoms with Crippen LogP contribution < -0.4 is 5.32 Å². The van der Waals surface area contributed by atoms with Crippen LogP contribution in [0, 0.1) is 6.92 Å². The molecule has 144 valence electrons. The lowest BCUT2D eigenvalue weighted by Crippen LogP contribution is -2.18. The van der Waals surface area contributed by atoms with Gasteiger partial charge in [-0.05, 0) is 55.9 Å². The zero-order chi connectivity index (χ0) is 19.3. The van der Waals surface area contributed by atoms with E-state index in [-0.39, 0.29) is 23.5 Å². The highest BCUT2D eigenvalue weighted by Crippen LogP contribution is 2.24. The van der Waals surface area contributed by atoms with Gasteiger partial charge in [-0.25, -0.2) is 0 Å². The molecule has 0 aromatic heterocycles. The molecule has 5 nitrogen and oxygen atoms in total. The Hall–Kier alpha value is -2.18. The topological polar surface area (TPSA) is 72.5 Å². The van der Waals surface area contributed by atoms with Gasteiger partial charge in [0.25, 0.3) is 10.1 Å². The molecule has 1 heterocycles. The number of rotatable bonds is 8. The van der Waals surface area contributed by atoms with Crippen molar-refractivity contribution in [3.8, 4) is 0 Å².